The number of amides is 1. The number of hydrogen-bond acceptors (Lipinski definition) is 6. The lowest BCUT2D eigenvalue weighted by Gasteiger charge is -2.03. The number of nitrogens with one attached hydrogen (secondary N) is 1. The summed E-state index contributed by atoms with van der Waals surface area (Å²) in [5, 5.41) is 6.98. The Hall–Kier alpha value is -3.22. The monoisotopic (exact) mass is 385 g/mol. The van der Waals surface area contributed by atoms with Gasteiger partial charge in [0.25, 0.3) is 5.91 Å². The first-order valence-electron chi connectivity index (χ1n) is 8.17. The molecule has 0 bridgehead atoms. The molecule has 3 N–H and O–H groups in total. The van der Waals surface area contributed by atoms with Crippen molar-refractivity contribution in [3.63, 3.8) is 0 Å². The number of hydrogen-bond donors (Lipinski definition) is 2. The van der Waals surface area contributed by atoms with Gasteiger partial charge >= 0.3 is 8.25 Å². The van der Waals surface area contributed by atoms with Crippen LogP contribution in [0.3, 0.4) is 0 Å². The number of aromatic nitrogens is 2. The molecular weight excluding hydrogens is 367 g/mol. The third kappa shape index (κ3) is 4.69. The number of carbonyl (C=O) groups is 1. The second kappa shape index (κ2) is 8.44. The summed E-state index contributed by atoms with van der Waals surface area (Å²) >= 11 is 0. The highest BCUT2D eigenvalue weighted by molar-refractivity contribution is 7.33. The van der Waals surface area contributed by atoms with Crippen LogP contribution in [0.15, 0.2) is 60.8 Å². The molecule has 1 unspecified atom stereocenters. The molecule has 3 aromatic rings. The summed E-state index contributed by atoms with van der Waals surface area (Å²) in [7, 11) is -2.23. The van der Waals surface area contributed by atoms with Crippen molar-refractivity contribution in [2.45, 2.75) is 6.92 Å². The van der Waals surface area contributed by atoms with Gasteiger partial charge in [0.2, 0.25) is 0 Å². The van der Waals surface area contributed by atoms with Gasteiger partial charge in [-0.15, -0.1) is 9.62 Å². The zero-order valence-electron chi connectivity index (χ0n) is 14.5. The number of anilines is 2. The summed E-state index contributed by atoms with van der Waals surface area (Å²) in [5.41, 5.74) is 7.50. The predicted molar refractivity (Wildman–Crippen MR) is 102 cm³/mol. The molecule has 9 heteroatoms. The molecule has 1 atom stereocenters. The Morgan fingerprint density at radius 3 is 2.56 bits per heavy atom. The Labute approximate surface area is 156 Å². The number of nitrogens with two attached hydrogens (primary N) is 1. The fourth-order valence-corrected chi connectivity index (χ4v) is 2.82. The van der Waals surface area contributed by atoms with Gasteiger partial charge in [0.1, 0.15) is 6.61 Å². The molecule has 8 nitrogen and oxygen atoms in total. The van der Waals surface area contributed by atoms with Crippen molar-refractivity contribution in [3.8, 4) is 11.4 Å². The molecule has 0 spiro atoms. The van der Waals surface area contributed by atoms with Crippen molar-refractivity contribution >= 4 is 25.7 Å². The van der Waals surface area contributed by atoms with Crippen molar-refractivity contribution in [3.05, 3.63) is 66.4 Å². The minimum absolute atomic E-state index is 0.267. The second-order valence-corrected chi connectivity index (χ2v) is 6.31. The van der Waals surface area contributed by atoms with Crippen molar-refractivity contribution < 1.29 is 18.4 Å². The SMILES string of the molecule is CCO[P+](=O)Oc1ccc(C(=O)Nc2nn(-c3ccccc3)cc2N)cc1. The normalized spacial score (nSPS) is 11.1. The maximum atomic E-state index is 12.4. The zero-order valence-corrected chi connectivity index (χ0v) is 15.4. The summed E-state index contributed by atoms with van der Waals surface area (Å²) in [4.78, 5) is 12.4. The number of nitrogens with zero attached hydrogens (tertiary/aromatic N) is 2. The van der Waals surface area contributed by atoms with Gasteiger partial charge in [-0.05, 0) is 43.3 Å². The van der Waals surface area contributed by atoms with Gasteiger partial charge in [-0.2, -0.15) is 0 Å². The molecule has 0 aliphatic rings. The highest BCUT2D eigenvalue weighted by Crippen LogP contribution is 2.28. The Morgan fingerprint density at radius 1 is 1.19 bits per heavy atom. The highest BCUT2D eigenvalue weighted by atomic mass is 31.1. The average Bonchev–Trinajstić information content (AvgIpc) is 3.04. The van der Waals surface area contributed by atoms with Crippen LogP contribution >= 0.6 is 8.25 Å². The first-order valence-corrected chi connectivity index (χ1v) is 9.26. The van der Waals surface area contributed by atoms with E-state index in [9.17, 15) is 9.36 Å². The fourth-order valence-electron chi connectivity index (χ4n) is 2.26. The van der Waals surface area contributed by atoms with E-state index in [1.54, 1.807) is 29.9 Å². The van der Waals surface area contributed by atoms with E-state index in [0.717, 1.165) is 5.69 Å². The molecule has 0 saturated heterocycles. The topological polar surface area (TPSA) is 108 Å². The first-order chi connectivity index (χ1) is 13.1. The third-order valence-electron chi connectivity index (χ3n) is 3.53. The summed E-state index contributed by atoms with van der Waals surface area (Å²) in [6.07, 6.45) is 1.63. The molecule has 0 aliphatic carbocycles. The van der Waals surface area contributed by atoms with Gasteiger partial charge in [-0.25, -0.2) is 9.21 Å². The third-order valence-corrected chi connectivity index (χ3v) is 4.36. The minimum atomic E-state index is -2.23. The highest BCUT2D eigenvalue weighted by Gasteiger charge is 2.21. The van der Waals surface area contributed by atoms with E-state index >= 15 is 0 Å². The summed E-state index contributed by atoms with van der Waals surface area (Å²) < 4.78 is 23.0. The first kappa shape index (κ1) is 18.6. The molecule has 2 aromatic carbocycles. The van der Waals surface area contributed by atoms with Crippen molar-refractivity contribution in [1.29, 1.82) is 0 Å². The molecule has 1 aromatic heterocycles. The largest absolute Gasteiger partial charge is 0.750 e. The molecule has 0 radical (unpaired) electrons. The lowest BCUT2D eigenvalue weighted by Crippen LogP contribution is -2.13. The molecule has 27 heavy (non-hydrogen) atoms. The molecule has 1 heterocycles. The van der Waals surface area contributed by atoms with Crippen LogP contribution in [0, 0.1) is 0 Å². The van der Waals surface area contributed by atoms with Gasteiger partial charge in [0, 0.05) is 10.1 Å². The average molecular weight is 385 g/mol. The van der Waals surface area contributed by atoms with Crippen LogP contribution in [0.25, 0.3) is 5.69 Å². The quantitative estimate of drug-likeness (QED) is 0.599. The van der Waals surface area contributed by atoms with Gasteiger partial charge < -0.3 is 11.1 Å². The maximum Gasteiger partial charge on any atom is 0.750 e. The molecule has 1 amide bonds. The Bertz CT molecular complexity index is 942. The van der Waals surface area contributed by atoms with Crippen molar-refractivity contribution in [2.24, 2.45) is 0 Å². The summed E-state index contributed by atoms with van der Waals surface area (Å²) in [5.74, 6) is 0.235. The fraction of sp³-hybridized carbons (Fsp3) is 0.111. The Morgan fingerprint density at radius 2 is 1.89 bits per heavy atom. The molecule has 0 fully saturated rings. The van der Waals surface area contributed by atoms with E-state index in [0.29, 0.717) is 17.0 Å². The number of benzene rings is 2. The van der Waals surface area contributed by atoms with Gasteiger partial charge in [-0.1, -0.05) is 18.2 Å². The predicted octanol–water partition coefficient (Wildman–Crippen LogP) is 3.78. The van der Waals surface area contributed by atoms with E-state index in [4.69, 9.17) is 14.8 Å². The zero-order chi connectivity index (χ0) is 19.2. The minimum Gasteiger partial charge on any atom is -0.394 e. The van der Waals surface area contributed by atoms with Gasteiger partial charge in [-0.3, -0.25) is 4.79 Å². The molecule has 0 aliphatic heterocycles. The number of nitrogen functional groups attached to an aromatic ring is 1. The van der Waals surface area contributed by atoms with E-state index in [2.05, 4.69) is 10.4 Å². The van der Waals surface area contributed by atoms with Gasteiger partial charge in [0.05, 0.1) is 17.6 Å². The molecule has 0 saturated carbocycles. The molecule has 138 valence electrons. The molecule has 3 rings (SSSR count). The number of para-hydroxylation sites is 1. The number of carbonyl (C=O) groups excluding carboxylic acids is 1. The van der Waals surface area contributed by atoms with Crippen LogP contribution in [0.5, 0.6) is 5.75 Å². The van der Waals surface area contributed by atoms with E-state index in [1.165, 1.54) is 12.1 Å². The van der Waals surface area contributed by atoms with Crippen molar-refractivity contribution in [2.75, 3.05) is 17.7 Å². The second-order valence-electron chi connectivity index (χ2n) is 5.42. The van der Waals surface area contributed by atoms with Crippen LogP contribution in [-0.2, 0) is 9.09 Å². The van der Waals surface area contributed by atoms with E-state index in [-0.39, 0.29) is 18.3 Å². The van der Waals surface area contributed by atoms with Gasteiger partial charge in [0.15, 0.2) is 11.6 Å². The smallest absolute Gasteiger partial charge is 0.394 e. The lowest BCUT2D eigenvalue weighted by atomic mass is 10.2. The number of rotatable bonds is 7. The van der Waals surface area contributed by atoms with Crippen LogP contribution in [0.2, 0.25) is 0 Å². The van der Waals surface area contributed by atoms with E-state index in [1.807, 2.05) is 30.3 Å². The Balaban J connectivity index is 1.69. The standard InChI is InChI=1S/C18H17N4O4P/c1-2-25-27(24)26-15-10-8-13(9-11-15)18(23)20-17-16(19)12-22(21-17)14-6-4-3-5-7-14/h3-12H,2,19H2,1H3/p+1. The van der Waals surface area contributed by atoms with Crippen LogP contribution in [-0.4, -0.2) is 22.3 Å². The van der Waals surface area contributed by atoms with Crippen LogP contribution in [0.1, 0.15) is 17.3 Å². The van der Waals surface area contributed by atoms with Crippen molar-refractivity contribution in [1.82, 2.24) is 9.78 Å². The van der Waals surface area contributed by atoms with Crippen LogP contribution < -0.4 is 15.6 Å². The summed E-state index contributed by atoms with van der Waals surface area (Å²) in [6.45, 7) is 2.00. The maximum absolute atomic E-state index is 12.4. The van der Waals surface area contributed by atoms with Crippen LogP contribution in [0.4, 0.5) is 11.5 Å². The molecular formula is C18H18N4O4P+. The Kier molecular flexibility index (Phi) is 5.80. The lowest BCUT2D eigenvalue weighted by molar-refractivity contribution is 0.102. The van der Waals surface area contributed by atoms with E-state index < -0.39 is 8.25 Å². The summed E-state index contributed by atoms with van der Waals surface area (Å²) in [6, 6.07) is 15.6.